The Kier molecular flexibility index (Phi) is 6.94. The molecule has 0 aliphatic carbocycles. The fourth-order valence-electron chi connectivity index (χ4n) is 2.02. The summed E-state index contributed by atoms with van der Waals surface area (Å²) in [6, 6.07) is 11.6. The average Bonchev–Trinajstić information content (AvgIpc) is 2.64. The van der Waals surface area contributed by atoms with E-state index in [1.54, 1.807) is 56.5 Å². The molecule has 0 aromatic heterocycles. The fraction of sp³-hybridized carbons (Fsp3) is 0.167. The number of benzene rings is 2. The van der Waals surface area contributed by atoms with Gasteiger partial charge in [0.05, 0.1) is 17.8 Å². The van der Waals surface area contributed by atoms with Crippen LogP contribution in [-0.4, -0.2) is 24.0 Å². The fourth-order valence-corrected chi connectivity index (χ4v) is 2.39. The van der Waals surface area contributed by atoms with E-state index >= 15 is 0 Å². The molecule has 26 heavy (non-hydrogen) atoms. The Morgan fingerprint density at radius 3 is 2.42 bits per heavy atom. The lowest BCUT2D eigenvalue weighted by molar-refractivity contribution is -0.115. The molecule has 136 valence electrons. The number of halogens is 1. The van der Waals surface area contributed by atoms with Crippen LogP contribution in [0.4, 0.5) is 11.4 Å². The third-order valence-electron chi connectivity index (χ3n) is 3.40. The van der Waals surface area contributed by atoms with E-state index < -0.39 is 0 Å². The highest BCUT2D eigenvalue weighted by atomic mass is 35.5. The highest BCUT2D eigenvalue weighted by Gasteiger charge is 2.10. The zero-order chi connectivity index (χ0) is 19.1. The second-order valence-electron chi connectivity index (χ2n) is 5.23. The van der Waals surface area contributed by atoms with Crippen molar-refractivity contribution in [2.75, 3.05) is 17.7 Å². The predicted octanol–water partition coefficient (Wildman–Crippen LogP) is 3.82. The van der Waals surface area contributed by atoms with Crippen LogP contribution in [0.3, 0.4) is 0 Å². The van der Waals surface area contributed by atoms with Gasteiger partial charge in [-0.15, -0.1) is 0 Å². The van der Waals surface area contributed by atoms with Gasteiger partial charge in [-0.1, -0.05) is 18.5 Å². The summed E-state index contributed by atoms with van der Waals surface area (Å²) < 4.78 is 5.05. The molecule has 0 fully saturated rings. The van der Waals surface area contributed by atoms with Gasteiger partial charge in [-0.25, -0.2) is 0 Å². The number of hydrogen-bond acceptors (Lipinski definition) is 4. The molecule has 6 nitrogen and oxygen atoms in total. The standard InChI is InChI=1S/C18H18ClN3O3S/c1-3-16(23)20-12-6-9-14(19)15(10-12)21-18(26)22-17(24)11-4-7-13(25-2)8-5-11/h4-10H,3H2,1-2H3,(H,20,23)(H2,21,22,24,26). The van der Waals surface area contributed by atoms with Crippen molar-refractivity contribution in [3.05, 3.63) is 53.1 Å². The highest BCUT2D eigenvalue weighted by molar-refractivity contribution is 7.80. The lowest BCUT2D eigenvalue weighted by Crippen LogP contribution is -2.34. The van der Waals surface area contributed by atoms with Crippen LogP contribution in [0, 0.1) is 0 Å². The molecular weight excluding hydrogens is 374 g/mol. The van der Waals surface area contributed by atoms with Crippen LogP contribution in [0.1, 0.15) is 23.7 Å². The van der Waals surface area contributed by atoms with Gasteiger partial charge in [-0.05, 0) is 54.7 Å². The maximum atomic E-state index is 12.2. The van der Waals surface area contributed by atoms with E-state index in [2.05, 4.69) is 16.0 Å². The number of carbonyl (C=O) groups excluding carboxylic acids is 2. The molecule has 0 saturated heterocycles. The maximum Gasteiger partial charge on any atom is 0.257 e. The SMILES string of the molecule is CCC(=O)Nc1ccc(Cl)c(NC(=S)NC(=O)c2ccc(OC)cc2)c1. The monoisotopic (exact) mass is 391 g/mol. The summed E-state index contributed by atoms with van der Waals surface area (Å²) in [5.41, 5.74) is 1.48. The summed E-state index contributed by atoms with van der Waals surface area (Å²) in [5, 5.41) is 8.65. The molecule has 2 rings (SSSR count). The first-order valence-corrected chi connectivity index (χ1v) is 8.57. The van der Waals surface area contributed by atoms with Gasteiger partial charge in [-0.2, -0.15) is 0 Å². The number of thiocarbonyl (C=S) groups is 1. The van der Waals surface area contributed by atoms with Crippen LogP contribution in [-0.2, 0) is 4.79 Å². The molecule has 0 aliphatic rings. The number of carbonyl (C=O) groups is 2. The van der Waals surface area contributed by atoms with Crippen LogP contribution in [0.25, 0.3) is 0 Å². The number of hydrogen-bond donors (Lipinski definition) is 3. The minimum absolute atomic E-state index is 0.0895. The van der Waals surface area contributed by atoms with Crippen LogP contribution in [0.2, 0.25) is 5.02 Å². The highest BCUT2D eigenvalue weighted by Crippen LogP contribution is 2.25. The Labute approximate surface area is 161 Å². The van der Waals surface area contributed by atoms with Crippen LogP contribution in [0.5, 0.6) is 5.75 Å². The van der Waals surface area contributed by atoms with E-state index in [9.17, 15) is 9.59 Å². The number of methoxy groups -OCH3 is 1. The van der Waals surface area contributed by atoms with Crippen molar-refractivity contribution in [2.24, 2.45) is 0 Å². The molecule has 0 bridgehead atoms. The van der Waals surface area contributed by atoms with Crippen molar-refractivity contribution in [1.82, 2.24) is 5.32 Å². The van der Waals surface area contributed by atoms with E-state index in [0.717, 1.165) is 0 Å². The van der Waals surface area contributed by atoms with Crippen molar-refractivity contribution < 1.29 is 14.3 Å². The smallest absolute Gasteiger partial charge is 0.257 e. The Morgan fingerprint density at radius 1 is 1.12 bits per heavy atom. The number of rotatable bonds is 5. The molecule has 0 heterocycles. The molecule has 0 atom stereocenters. The lowest BCUT2D eigenvalue weighted by atomic mass is 10.2. The second-order valence-corrected chi connectivity index (χ2v) is 6.05. The molecule has 0 unspecified atom stereocenters. The summed E-state index contributed by atoms with van der Waals surface area (Å²) in [7, 11) is 1.55. The topological polar surface area (TPSA) is 79.5 Å². The molecule has 0 aliphatic heterocycles. The summed E-state index contributed by atoms with van der Waals surface area (Å²) in [4.78, 5) is 23.7. The molecule has 2 amide bonds. The normalized spacial score (nSPS) is 9.96. The Balaban J connectivity index is 2.03. The number of anilines is 2. The van der Waals surface area contributed by atoms with Crippen molar-refractivity contribution in [3.63, 3.8) is 0 Å². The molecule has 0 radical (unpaired) electrons. The average molecular weight is 392 g/mol. The van der Waals surface area contributed by atoms with E-state index in [0.29, 0.717) is 34.1 Å². The molecule has 0 spiro atoms. The van der Waals surface area contributed by atoms with Gasteiger partial charge >= 0.3 is 0 Å². The van der Waals surface area contributed by atoms with Gasteiger partial charge in [-0.3, -0.25) is 14.9 Å². The van der Waals surface area contributed by atoms with Gasteiger partial charge in [0.15, 0.2) is 5.11 Å². The first-order chi connectivity index (χ1) is 12.4. The number of ether oxygens (including phenoxy) is 1. The third kappa shape index (κ3) is 5.44. The Bertz CT molecular complexity index is 825. The number of amides is 2. The molecule has 8 heteroatoms. The van der Waals surface area contributed by atoms with Crippen LogP contribution < -0.4 is 20.7 Å². The van der Waals surface area contributed by atoms with Gasteiger partial charge in [0.2, 0.25) is 5.91 Å². The first-order valence-electron chi connectivity index (χ1n) is 7.78. The van der Waals surface area contributed by atoms with Gasteiger partial charge in [0, 0.05) is 17.7 Å². The van der Waals surface area contributed by atoms with E-state index in [-0.39, 0.29) is 16.9 Å². The lowest BCUT2D eigenvalue weighted by Gasteiger charge is -2.13. The van der Waals surface area contributed by atoms with Crippen LogP contribution in [0.15, 0.2) is 42.5 Å². The summed E-state index contributed by atoms with van der Waals surface area (Å²) in [5.74, 6) is 0.172. The number of nitrogens with one attached hydrogen (secondary N) is 3. The van der Waals surface area contributed by atoms with E-state index in [1.807, 2.05) is 0 Å². The Hall–Kier alpha value is -2.64. The third-order valence-corrected chi connectivity index (χ3v) is 3.93. The minimum atomic E-state index is -0.364. The van der Waals surface area contributed by atoms with E-state index in [4.69, 9.17) is 28.6 Å². The molecule has 3 N–H and O–H groups in total. The van der Waals surface area contributed by atoms with Crippen molar-refractivity contribution in [3.8, 4) is 5.75 Å². The van der Waals surface area contributed by atoms with Gasteiger partial charge < -0.3 is 15.4 Å². The maximum absolute atomic E-state index is 12.2. The molecule has 2 aromatic rings. The van der Waals surface area contributed by atoms with Crippen molar-refractivity contribution in [1.29, 1.82) is 0 Å². The van der Waals surface area contributed by atoms with Gasteiger partial charge in [0.1, 0.15) is 5.75 Å². The second kappa shape index (κ2) is 9.17. The molecular formula is C18H18ClN3O3S. The molecule has 2 aromatic carbocycles. The first kappa shape index (κ1) is 19.7. The summed E-state index contributed by atoms with van der Waals surface area (Å²) in [6.45, 7) is 1.76. The zero-order valence-corrected chi connectivity index (χ0v) is 15.8. The summed E-state index contributed by atoms with van der Waals surface area (Å²) in [6.07, 6.45) is 0.363. The molecule has 0 saturated carbocycles. The Morgan fingerprint density at radius 2 is 1.81 bits per heavy atom. The quantitative estimate of drug-likeness (QED) is 0.675. The summed E-state index contributed by atoms with van der Waals surface area (Å²) >= 11 is 11.3. The van der Waals surface area contributed by atoms with Crippen molar-refractivity contribution in [2.45, 2.75) is 13.3 Å². The van der Waals surface area contributed by atoms with E-state index in [1.165, 1.54) is 0 Å². The predicted molar refractivity (Wildman–Crippen MR) is 107 cm³/mol. The van der Waals surface area contributed by atoms with Gasteiger partial charge in [0.25, 0.3) is 5.91 Å². The van der Waals surface area contributed by atoms with Crippen LogP contribution >= 0.6 is 23.8 Å². The minimum Gasteiger partial charge on any atom is -0.497 e. The zero-order valence-electron chi connectivity index (χ0n) is 14.3. The van der Waals surface area contributed by atoms with Crippen molar-refractivity contribution >= 4 is 52.1 Å². The largest absolute Gasteiger partial charge is 0.497 e.